The summed E-state index contributed by atoms with van der Waals surface area (Å²) < 4.78 is 22.4. The maximum absolute atomic E-state index is 11.8. The summed E-state index contributed by atoms with van der Waals surface area (Å²) in [6.45, 7) is 5.31. The predicted molar refractivity (Wildman–Crippen MR) is 110 cm³/mol. The van der Waals surface area contributed by atoms with Crippen molar-refractivity contribution in [1.29, 1.82) is 0 Å². The molecule has 0 unspecified atom stereocenters. The summed E-state index contributed by atoms with van der Waals surface area (Å²) in [6, 6.07) is 4.74. The molecule has 29 heavy (non-hydrogen) atoms. The van der Waals surface area contributed by atoms with Gasteiger partial charge < -0.3 is 28.5 Å². The van der Waals surface area contributed by atoms with E-state index in [2.05, 4.69) is 0 Å². The number of hydrogen-bond acceptors (Lipinski definition) is 7. The molecule has 7 nitrogen and oxygen atoms in total. The number of furan rings is 1. The van der Waals surface area contributed by atoms with Gasteiger partial charge in [0.25, 0.3) is 0 Å². The molecule has 0 radical (unpaired) electrons. The molecule has 0 aliphatic rings. The van der Waals surface area contributed by atoms with Crippen molar-refractivity contribution in [2.24, 2.45) is 0 Å². The lowest BCUT2D eigenvalue weighted by molar-refractivity contribution is -0.0509. The summed E-state index contributed by atoms with van der Waals surface area (Å²) in [6.07, 6.45) is 3.64. The second kappa shape index (κ2) is 8.31. The van der Waals surface area contributed by atoms with Crippen molar-refractivity contribution in [3.8, 4) is 11.5 Å². The van der Waals surface area contributed by atoms with Crippen LogP contribution in [0.25, 0.3) is 21.9 Å². The van der Waals surface area contributed by atoms with E-state index >= 15 is 0 Å². The lowest BCUT2D eigenvalue weighted by Gasteiger charge is -2.24. The normalized spacial score (nSPS) is 13.8. The highest BCUT2D eigenvalue weighted by Crippen LogP contribution is 2.42. The maximum Gasteiger partial charge on any atom is 0.336 e. The average molecular weight is 402 g/mol. The van der Waals surface area contributed by atoms with E-state index in [1.54, 1.807) is 33.1 Å². The van der Waals surface area contributed by atoms with Gasteiger partial charge in [-0.25, -0.2) is 4.79 Å². The topological polar surface area (TPSA) is 102 Å². The number of aliphatic hydroxyl groups excluding tert-OH is 1. The molecule has 0 spiro atoms. The highest BCUT2D eigenvalue weighted by Gasteiger charge is 2.24. The van der Waals surface area contributed by atoms with Gasteiger partial charge in [0.1, 0.15) is 12.4 Å². The van der Waals surface area contributed by atoms with E-state index in [1.165, 1.54) is 12.3 Å². The van der Waals surface area contributed by atoms with Crippen LogP contribution in [0.15, 0.2) is 49.7 Å². The zero-order valence-corrected chi connectivity index (χ0v) is 17.0. The minimum atomic E-state index is -1.14. The van der Waals surface area contributed by atoms with Crippen molar-refractivity contribution < 1.29 is 28.5 Å². The molecule has 0 saturated heterocycles. The molecule has 0 fully saturated rings. The van der Waals surface area contributed by atoms with Gasteiger partial charge in [-0.3, -0.25) is 0 Å². The van der Waals surface area contributed by atoms with E-state index in [9.17, 15) is 15.0 Å². The zero-order valence-electron chi connectivity index (χ0n) is 17.0. The molecule has 156 valence electrons. The molecule has 3 rings (SSSR count). The summed E-state index contributed by atoms with van der Waals surface area (Å²) in [7, 11) is 1.54. The number of hydrogen-bond donors (Lipinski definition) is 2. The quantitative estimate of drug-likeness (QED) is 0.437. The van der Waals surface area contributed by atoms with Gasteiger partial charge in [0.15, 0.2) is 11.2 Å². The van der Waals surface area contributed by atoms with Gasteiger partial charge in [0, 0.05) is 6.07 Å². The molecular formula is C22H26O7. The fraction of sp³-hybridized carbons (Fsp3) is 0.409. The monoisotopic (exact) mass is 402 g/mol. The van der Waals surface area contributed by atoms with E-state index in [4.69, 9.17) is 18.3 Å². The fourth-order valence-electron chi connectivity index (χ4n) is 3.11. The number of ether oxygens (including phenoxy) is 2. The molecule has 2 heterocycles. The van der Waals surface area contributed by atoms with Crippen molar-refractivity contribution in [2.45, 2.75) is 45.3 Å². The first-order valence-electron chi connectivity index (χ1n) is 9.42. The minimum absolute atomic E-state index is 0.223. The maximum atomic E-state index is 11.8. The number of aliphatic hydroxyl groups is 2. The zero-order chi connectivity index (χ0) is 21.2. The fourth-order valence-corrected chi connectivity index (χ4v) is 3.11. The summed E-state index contributed by atoms with van der Waals surface area (Å²) in [4.78, 5) is 11.8. The molecule has 0 amide bonds. The van der Waals surface area contributed by atoms with E-state index in [0.717, 1.165) is 11.0 Å². The molecule has 1 atom stereocenters. The molecule has 2 aromatic heterocycles. The van der Waals surface area contributed by atoms with Crippen LogP contribution >= 0.6 is 0 Å². The molecule has 3 aromatic rings. The van der Waals surface area contributed by atoms with Crippen LogP contribution in [0.2, 0.25) is 0 Å². The Hall–Kier alpha value is -2.77. The Bertz CT molecular complexity index is 1080. The molecule has 0 aliphatic heterocycles. The Morgan fingerprint density at radius 1 is 1.21 bits per heavy atom. The number of allylic oxidation sites excluding steroid dienone is 1. The lowest BCUT2D eigenvalue weighted by atomic mass is 9.96. The van der Waals surface area contributed by atoms with E-state index in [0.29, 0.717) is 35.3 Å². The van der Waals surface area contributed by atoms with Gasteiger partial charge in [-0.05, 0) is 51.8 Å². The van der Waals surface area contributed by atoms with Crippen LogP contribution in [0.3, 0.4) is 0 Å². The standard InChI is InChI=1S/C22H26O7/c1-13(5-7-16(23)22(2,3)25)9-11-28-21-19-15(10-12-27-19)18(26-4)14-6-8-17(24)29-20(14)21/h6,8-10,12,16,23,25H,5,7,11H2,1-4H3/b13-9+/t16-/m0/s1. The molecule has 1 aromatic carbocycles. The van der Waals surface area contributed by atoms with Crippen LogP contribution in [0, 0.1) is 0 Å². The van der Waals surface area contributed by atoms with Gasteiger partial charge >= 0.3 is 5.63 Å². The number of methoxy groups -OCH3 is 1. The van der Waals surface area contributed by atoms with Gasteiger partial charge in [-0.2, -0.15) is 0 Å². The molecule has 7 heteroatoms. The molecule has 0 bridgehead atoms. The van der Waals surface area contributed by atoms with Gasteiger partial charge in [-0.1, -0.05) is 5.57 Å². The third-order valence-corrected chi connectivity index (χ3v) is 4.89. The van der Waals surface area contributed by atoms with Crippen LogP contribution in [-0.2, 0) is 0 Å². The van der Waals surface area contributed by atoms with E-state index in [1.807, 2.05) is 13.0 Å². The smallest absolute Gasteiger partial charge is 0.336 e. The number of rotatable bonds is 8. The minimum Gasteiger partial charge on any atom is -0.495 e. The Morgan fingerprint density at radius 3 is 2.62 bits per heavy atom. The molecular weight excluding hydrogens is 376 g/mol. The van der Waals surface area contributed by atoms with Gasteiger partial charge in [0.05, 0.1) is 35.9 Å². The highest BCUT2D eigenvalue weighted by atomic mass is 16.5. The largest absolute Gasteiger partial charge is 0.495 e. The average Bonchev–Trinajstić information content (AvgIpc) is 3.14. The van der Waals surface area contributed by atoms with Crippen molar-refractivity contribution in [1.82, 2.24) is 0 Å². The summed E-state index contributed by atoms with van der Waals surface area (Å²) >= 11 is 0. The van der Waals surface area contributed by atoms with Crippen molar-refractivity contribution in [2.75, 3.05) is 13.7 Å². The summed E-state index contributed by atoms with van der Waals surface area (Å²) in [5.41, 5.74) is 0.0692. The molecule has 2 N–H and O–H groups in total. The first-order valence-corrected chi connectivity index (χ1v) is 9.42. The first-order chi connectivity index (χ1) is 13.7. The number of benzene rings is 1. The van der Waals surface area contributed by atoms with Crippen molar-refractivity contribution in [3.05, 3.63) is 46.5 Å². The van der Waals surface area contributed by atoms with Gasteiger partial charge in [0.2, 0.25) is 5.75 Å². The summed E-state index contributed by atoms with van der Waals surface area (Å²) in [5, 5.41) is 21.1. The summed E-state index contributed by atoms with van der Waals surface area (Å²) in [5.74, 6) is 0.881. The van der Waals surface area contributed by atoms with Gasteiger partial charge in [-0.15, -0.1) is 0 Å². The van der Waals surface area contributed by atoms with Crippen molar-refractivity contribution in [3.63, 3.8) is 0 Å². The number of fused-ring (bicyclic) bond motifs is 2. The van der Waals surface area contributed by atoms with Crippen LogP contribution in [0.1, 0.15) is 33.6 Å². The highest BCUT2D eigenvalue weighted by molar-refractivity contribution is 6.06. The Kier molecular flexibility index (Phi) is 6.00. The van der Waals surface area contributed by atoms with Crippen molar-refractivity contribution >= 4 is 21.9 Å². The van der Waals surface area contributed by atoms with Crippen LogP contribution in [0.5, 0.6) is 11.5 Å². The van der Waals surface area contributed by atoms with Crippen LogP contribution in [0.4, 0.5) is 0 Å². The third-order valence-electron chi connectivity index (χ3n) is 4.89. The van der Waals surface area contributed by atoms with E-state index < -0.39 is 17.3 Å². The predicted octanol–water partition coefficient (Wildman–Crippen LogP) is 3.78. The lowest BCUT2D eigenvalue weighted by Crippen LogP contribution is -2.35. The Morgan fingerprint density at radius 2 is 1.93 bits per heavy atom. The van der Waals surface area contributed by atoms with E-state index in [-0.39, 0.29) is 12.2 Å². The molecule has 0 saturated carbocycles. The van der Waals surface area contributed by atoms with Crippen LogP contribution in [-0.4, -0.2) is 35.6 Å². The molecule has 0 aliphatic carbocycles. The van der Waals surface area contributed by atoms with Crippen LogP contribution < -0.4 is 15.1 Å². The Labute approximate surface area is 168 Å². The first kappa shape index (κ1) is 21.0. The second-order valence-electron chi connectivity index (χ2n) is 7.59. The Balaban J connectivity index is 1.85. The SMILES string of the molecule is COc1c2ccoc2c(OC/C=C(\C)CC[C@H](O)C(C)(C)O)c2oc(=O)ccc12. The third kappa shape index (κ3) is 4.46. The second-order valence-corrected chi connectivity index (χ2v) is 7.59.